The largest absolute Gasteiger partial charge is 0.472 e. The molecule has 7 N–H and O–H groups in total. The van der Waals surface area contributed by atoms with Gasteiger partial charge in [0.1, 0.15) is 6.10 Å². The van der Waals surface area contributed by atoms with E-state index in [0.29, 0.717) is 95.8 Å². The minimum Gasteiger partial charge on any atom is -0.379 e. The van der Waals surface area contributed by atoms with Crippen LogP contribution in [0.2, 0.25) is 0 Å². The number of urea groups is 1. The predicted octanol–water partition coefficient (Wildman–Crippen LogP) is 4.61. The van der Waals surface area contributed by atoms with Crippen LogP contribution in [0.1, 0.15) is 84.5 Å². The molecule has 2 heterocycles. The standard InChI is InChI=1S/C37H75N4O16P3S/c1-4-30(5-2)14-18-53-60(47,48)56-26-31(11-8-9-15-38)25-54-59(3,46)55-28-32(57-58(44)45)27-52-24-23-51-22-21-50-20-19-49-17-10-16-39-35(42)13-7-6-12-34-36-33(29-61-34)40-37(43)41-36/h30-34,36,58H,4-29,38H2,1-3H3,(H,39,42)(H,44,45)(H,47,48)(H2,40,41,43). The average molecular weight is 957 g/mol. The Kier molecular flexibility index (Phi) is 31.2. The minimum atomic E-state index is -4.30. The van der Waals surface area contributed by atoms with Crippen LogP contribution >= 0.6 is 35.4 Å². The highest BCUT2D eigenvalue weighted by molar-refractivity contribution is 8.00. The summed E-state index contributed by atoms with van der Waals surface area (Å²) in [6.45, 7) is 8.01. The maximum Gasteiger partial charge on any atom is 0.472 e. The third-order valence-electron chi connectivity index (χ3n) is 10.1. The molecule has 0 aromatic carbocycles. The molecular weight excluding hydrogens is 881 g/mol. The lowest BCUT2D eigenvalue weighted by molar-refractivity contribution is -0.121. The van der Waals surface area contributed by atoms with Gasteiger partial charge in [0.25, 0.3) is 0 Å². The quantitative estimate of drug-likeness (QED) is 0.0277. The Bertz CT molecular complexity index is 1310. The fourth-order valence-corrected chi connectivity index (χ4v) is 10.2. The maximum absolute atomic E-state index is 13.1. The van der Waals surface area contributed by atoms with Crippen molar-refractivity contribution in [2.24, 2.45) is 17.6 Å². The molecule has 8 unspecified atom stereocenters. The molecule has 2 aliphatic rings. The topological polar surface area (TPSA) is 271 Å². The normalized spacial score (nSPS) is 21.0. The third-order valence-corrected chi connectivity index (χ3v) is 14.3. The van der Waals surface area contributed by atoms with Crippen molar-refractivity contribution in [2.75, 3.05) is 105 Å². The highest BCUT2D eigenvalue weighted by Crippen LogP contribution is 2.47. The first-order chi connectivity index (χ1) is 29.3. The van der Waals surface area contributed by atoms with Crippen LogP contribution in [-0.4, -0.2) is 150 Å². The van der Waals surface area contributed by atoms with Gasteiger partial charge in [-0.3, -0.25) is 23.0 Å². The van der Waals surface area contributed by atoms with Crippen LogP contribution < -0.4 is 21.7 Å². The smallest absolute Gasteiger partial charge is 0.379 e. The Balaban J connectivity index is 1.49. The van der Waals surface area contributed by atoms with Gasteiger partial charge in [0.2, 0.25) is 5.91 Å². The molecule has 2 aliphatic heterocycles. The number of thioether (sulfide) groups is 1. The number of nitrogens with two attached hydrogens (primary N) is 1. The number of rotatable bonds is 41. The summed E-state index contributed by atoms with van der Waals surface area (Å²) in [6.07, 6.45) is 7.38. The van der Waals surface area contributed by atoms with Gasteiger partial charge in [-0.2, -0.15) is 11.8 Å². The van der Waals surface area contributed by atoms with Crippen LogP contribution in [0.15, 0.2) is 0 Å². The summed E-state index contributed by atoms with van der Waals surface area (Å²) in [5.41, 5.74) is 5.62. The Morgan fingerprint density at radius 1 is 0.836 bits per heavy atom. The number of unbranched alkanes of at least 4 members (excludes halogenated alkanes) is 2. The molecule has 360 valence electrons. The Labute approximate surface area is 367 Å². The van der Waals surface area contributed by atoms with Crippen molar-refractivity contribution in [1.29, 1.82) is 0 Å². The number of fused-ring (bicyclic) bond motifs is 1. The fourth-order valence-electron chi connectivity index (χ4n) is 6.46. The number of hydrogen-bond donors (Lipinski definition) is 6. The Morgan fingerprint density at radius 3 is 2.16 bits per heavy atom. The molecule has 0 aliphatic carbocycles. The minimum absolute atomic E-state index is 0.0351. The first-order valence-electron chi connectivity index (χ1n) is 21.6. The molecule has 2 rings (SSSR count). The van der Waals surface area contributed by atoms with Gasteiger partial charge in [0.05, 0.1) is 84.8 Å². The zero-order chi connectivity index (χ0) is 44.8. The van der Waals surface area contributed by atoms with E-state index in [1.807, 2.05) is 11.8 Å². The summed E-state index contributed by atoms with van der Waals surface area (Å²) in [5, 5.41) is 9.27. The molecule has 61 heavy (non-hydrogen) atoms. The zero-order valence-corrected chi connectivity index (χ0v) is 39.9. The van der Waals surface area contributed by atoms with Crippen molar-refractivity contribution in [1.82, 2.24) is 16.0 Å². The second-order valence-corrected chi connectivity index (χ2v) is 20.6. The highest BCUT2D eigenvalue weighted by Gasteiger charge is 2.42. The van der Waals surface area contributed by atoms with Crippen LogP contribution in [-0.2, 0) is 60.1 Å². The molecule has 20 nitrogen and oxygen atoms in total. The molecule has 0 aromatic heterocycles. The van der Waals surface area contributed by atoms with Crippen LogP contribution in [0.5, 0.6) is 0 Å². The molecule has 0 saturated carbocycles. The average Bonchev–Trinajstić information content (AvgIpc) is 3.78. The summed E-state index contributed by atoms with van der Waals surface area (Å²) >= 11 is 1.88. The summed E-state index contributed by atoms with van der Waals surface area (Å²) in [4.78, 5) is 43.1. The summed E-state index contributed by atoms with van der Waals surface area (Å²) in [7, 11) is -11.4. The van der Waals surface area contributed by atoms with Crippen molar-refractivity contribution >= 4 is 47.4 Å². The van der Waals surface area contributed by atoms with Gasteiger partial charge in [-0.1, -0.05) is 39.5 Å². The number of amides is 3. The van der Waals surface area contributed by atoms with Gasteiger partial charge in [-0.15, -0.1) is 0 Å². The molecule has 0 radical (unpaired) electrons. The van der Waals surface area contributed by atoms with Crippen molar-refractivity contribution < 1.29 is 74.6 Å². The molecule has 8 atom stereocenters. The number of hydrogen-bond acceptors (Lipinski definition) is 16. The number of phosphoric ester groups is 1. The van der Waals surface area contributed by atoms with Crippen molar-refractivity contribution in [3.63, 3.8) is 0 Å². The highest BCUT2D eigenvalue weighted by atomic mass is 32.2. The number of phosphoric acid groups is 1. The number of nitrogens with one attached hydrogen (secondary N) is 3. The second-order valence-electron chi connectivity index (χ2n) is 15.1. The molecule has 3 amide bonds. The molecular formula is C37H75N4O16P3S. The SMILES string of the molecule is CCC(CC)CCOP(=O)(O)OCC(CCCCN)COP(C)(=O)OCC(COCCOCCOCCOCCCNC(=O)CCCCC1SCC2NC(=O)NC21)O[PH](=O)O. The predicted molar refractivity (Wildman–Crippen MR) is 233 cm³/mol. The number of carbonyl (C=O) groups excluding carboxylic acids is 2. The summed E-state index contributed by atoms with van der Waals surface area (Å²) in [5.74, 6) is 0.953. The second kappa shape index (κ2) is 33.7. The van der Waals surface area contributed by atoms with E-state index in [-0.39, 0.29) is 70.3 Å². The van der Waals surface area contributed by atoms with Crippen LogP contribution in [0, 0.1) is 11.8 Å². The van der Waals surface area contributed by atoms with Crippen molar-refractivity contribution in [3.05, 3.63) is 0 Å². The Hall–Kier alpha value is -0.700. The van der Waals surface area contributed by atoms with Gasteiger partial charge in [-0.25, -0.2) is 9.36 Å². The first-order valence-corrected chi connectivity index (χ1v) is 27.4. The number of ether oxygens (including phenoxy) is 4. The maximum atomic E-state index is 13.1. The van der Waals surface area contributed by atoms with Gasteiger partial charge in [0, 0.05) is 43.2 Å². The van der Waals surface area contributed by atoms with E-state index in [1.54, 1.807) is 0 Å². The van der Waals surface area contributed by atoms with E-state index >= 15 is 0 Å². The van der Waals surface area contributed by atoms with E-state index in [0.717, 1.165) is 37.9 Å². The van der Waals surface area contributed by atoms with Crippen LogP contribution in [0.25, 0.3) is 0 Å². The fraction of sp³-hybridized carbons (Fsp3) is 0.946. The molecule has 2 saturated heterocycles. The lowest BCUT2D eigenvalue weighted by atomic mass is 10.0. The van der Waals surface area contributed by atoms with E-state index < -0.39 is 35.7 Å². The van der Waals surface area contributed by atoms with Gasteiger partial charge < -0.3 is 64.0 Å². The van der Waals surface area contributed by atoms with Gasteiger partial charge in [-0.05, 0) is 51.0 Å². The number of carbonyl (C=O) groups is 2. The van der Waals surface area contributed by atoms with Crippen molar-refractivity contribution in [3.8, 4) is 0 Å². The molecule has 24 heteroatoms. The Morgan fingerprint density at radius 2 is 1.49 bits per heavy atom. The lowest BCUT2D eigenvalue weighted by Gasteiger charge is -2.23. The van der Waals surface area contributed by atoms with E-state index in [4.69, 9.17) is 47.3 Å². The molecule has 0 aromatic rings. The summed E-state index contributed by atoms with van der Waals surface area (Å²) < 4.78 is 85.5. The molecule has 0 bridgehead atoms. The van der Waals surface area contributed by atoms with Gasteiger partial charge >= 0.3 is 29.7 Å². The van der Waals surface area contributed by atoms with Gasteiger partial charge in [0.15, 0.2) is 0 Å². The van der Waals surface area contributed by atoms with E-state index in [2.05, 4.69) is 29.8 Å². The van der Waals surface area contributed by atoms with Crippen LogP contribution in [0.4, 0.5) is 4.79 Å². The van der Waals surface area contributed by atoms with Crippen molar-refractivity contribution in [2.45, 2.75) is 108 Å². The monoisotopic (exact) mass is 956 g/mol. The third kappa shape index (κ3) is 28.1. The van der Waals surface area contributed by atoms with E-state index in [1.165, 1.54) is 6.66 Å². The van der Waals surface area contributed by atoms with E-state index in [9.17, 15) is 33.1 Å². The van der Waals surface area contributed by atoms with Crippen LogP contribution in [0.3, 0.4) is 0 Å². The zero-order valence-electron chi connectivity index (χ0n) is 36.3. The summed E-state index contributed by atoms with van der Waals surface area (Å²) in [6, 6.07) is 0.338. The lowest BCUT2D eigenvalue weighted by Crippen LogP contribution is -2.36. The first kappa shape index (κ1) is 56.4. The molecule has 2 fully saturated rings. The molecule has 0 spiro atoms.